The summed E-state index contributed by atoms with van der Waals surface area (Å²) in [4.78, 5) is 40.2. The molecule has 0 saturated heterocycles. The number of hydrogen-bond donors (Lipinski definition) is 3. The monoisotopic (exact) mass is 460 g/mol. The number of nitriles is 1. The predicted molar refractivity (Wildman–Crippen MR) is 110 cm³/mol. The van der Waals surface area contributed by atoms with E-state index in [9.17, 15) is 35.0 Å². The van der Waals surface area contributed by atoms with Crippen LogP contribution in [0.4, 0.5) is 0 Å². The van der Waals surface area contributed by atoms with Crippen molar-refractivity contribution in [2.75, 3.05) is 14.1 Å². The van der Waals surface area contributed by atoms with Crippen molar-refractivity contribution in [3.63, 3.8) is 0 Å². The van der Waals surface area contributed by atoms with Gasteiger partial charge < -0.3 is 20.1 Å². The van der Waals surface area contributed by atoms with E-state index in [1.807, 2.05) is 0 Å². The van der Waals surface area contributed by atoms with Crippen LogP contribution < -0.4 is 0 Å². The van der Waals surface area contributed by atoms with Crippen LogP contribution in [0.15, 0.2) is 23.5 Å². The van der Waals surface area contributed by atoms with Gasteiger partial charge in [-0.25, -0.2) is 4.79 Å². The number of ether oxygens (including phenoxy) is 1. The largest absolute Gasteiger partial charge is 0.507 e. The highest BCUT2D eigenvalue weighted by atomic mass is 35.5. The van der Waals surface area contributed by atoms with E-state index in [1.165, 1.54) is 17.0 Å². The number of aromatic hydroxyl groups is 1. The number of halogens is 1. The molecular formula is C22H21ClN2O7. The zero-order valence-electron chi connectivity index (χ0n) is 17.5. The van der Waals surface area contributed by atoms with E-state index in [1.54, 1.807) is 27.1 Å². The number of likely N-dealkylation sites (N-methyl/N-ethyl adjacent to an activating group) is 1. The quantitative estimate of drug-likeness (QED) is 0.559. The number of fused-ring (bicyclic) bond motifs is 2. The summed E-state index contributed by atoms with van der Waals surface area (Å²) in [5, 5.41) is 41.6. The van der Waals surface area contributed by atoms with Crippen molar-refractivity contribution in [1.82, 2.24) is 4.90 Å². The SMILES string of the molecule is CN(C)[C@@H]1C(=O)C(C#N)=C(O)[C@]2(O)C(=O)C[C@H]([C@]3(C)OC(=O)c4c(O)ccc(Cl)c43)C[C@@H]12. The van der Waals surface area contributed by atoms with Crippen molar-refractivity contribution in [2.24, 2.45) is 11.8 Å². The van der Waals surface area contributed by atoms with E-state index in [-0.39, 0.29) is 34.7 Å². The molecule has 168 valence electrons. The molecule has 1 aromatic carbocycles. The first kappa shape index (κ1) is 22.3. The number of benzene rings is 1. The maximum absolute atomic E-state index is 13.2. The highest BCUT2D eigenvalue weighted by Gasteiger charge is 2.64. The Morgan fingerprint density at radius 1 is 1.25 bits per heavy atom. The molecule has 0 amide bonds. The van der Waals surface area contributed by atoms with Crippen LogP contribution in [0.25, 0.3) is 0 Å². The topological polar surface area (TPSA) is 148 Å². The van der Waals surface area contributed by atoms with Crippen LogP contribution in [0.2, 0.25) is 5.02 Å². The third kappa shape index (κ3) is 2.67. The van der Waals surface area contributed by atoms with Crippen LogP contribution in [0.5, 0.6) is 5.75 Å². The van der Waals surface area contributed by atoms with E-state index in [0.717, 1.165) is 0 Å². The van der Waals surface area contributed by atoms with Crippen LogP contribution in [-0.4, -0.2) is 63.5 Å². The molecule has 0 radical (unpaired) electrons. The maximum Gasteiger partial charge on any atom is 0.343 e. The van der Waals surface area contributed by atoms with Crippen LogP contribution in [-0.2, 0) is 19.9 Å². The van der Waals surface area contributed by atoms with Crippen molar-refractivity contribution >= 4 is 29.1 Å². The second-order valence-corrected chi connectivity index (χ2v) is 9.26. The standard InChI is InChI=1S/C22H21ClN2O7/c1-21(16-12(23)4-5-13(26)15(16)20(30)32-21)9-6-11-17(25(2)3)18(28)10(8-24)19(29)22(11,31)14(27)7-9/h4-5,9,11,17,26,29,31H,6-7H2,1-3H3/t9-,11+,17+,21+,22-/m1/s1. The van der Waals surface area contributed by atoms with Gasteiger partial charge in [-0.15, -0.1) is 0 Å². The smallest absolute Gasteiger partial charge is 0.343 e. The van der Waals surface area contributed by atoms with E-state index < -0.39 is 57.9 Å². The van der Waals surface area contributed by atoms with E-state index in [0.29, 0.717) is 0 Å². The number of esters is 1. The van der Waals surface area contributed by atoms with Crippen molar-refractivity contribution in [3.8, 4) is 11.8 Å². The fourth-order valence-electron chi connectivity index (χ4n) is 5.41. The highest BCUT2D eigenvalue weighted by molar-refractivity contribution is 6.32. The number of carbonyl (C=O) groups excluding carboxylic acids is 3. The number of nitrogens with zero attached hydrogens (tertiary/aromatic N) is 2. The molecule has 0 bridgehead atoms. The first-order valence-electron chi connectivity index (χ1n) is 9.94. The summed E-state index contributed by atoms with van der Waals surface area (Å²) in [6.07, 6.45) is -0.325. The molecule has 9 nitrogen and oxygen atoms in total. The number of cyclic esters (lactones) is 1. The molecule has 3 aliphatic rings. The number of aliphatic hydroxyl groups excluding tert-OH is 1. The van der Waals surface area contributed by atoms with E-state index in [2.05, 4.69) is 0 Å². The number of aliphatic hydroxyl groups is 2. The Hall–Kier alpha value is -2.93. The lowest BCUT2D eigenvalue weighted by atomic mass is 9.58. The maximum atomic E-state index is 13.2. The Morgan fingerprint density at radius 3 is 2.50 bits per heavy atom. The molecular weight excluding hydrogens is 440 g/mol. The Kier molecular flexibility index (Phi) is 4.90. The summed E-state index contributed by atoms with van der Waals surface area (Å²) in [6.45, 7) is 1.57. The Bertz CT molecular complexity index is 1150. The Labute approximate surface area is 188 Å². The lowest BCUT2D eigenvalue weighted by molar-refractivity contribution is -0.166. The summed E-state index contributed by atoms with van der Waals surface area (Å²) in [7, 11) is 3.13. The predicted octanol–water partition coefficient (Wildman–Crippen LogP) is 1.61. The third-order valence-electron chi connectivity index (χ3n) is 7.01. The average molecular weight is 461 g/mol. The third-order valence-corrected chi connectivity index (χ3v) is 7.33. The molecule has 1 aromatic rings. The average Bonchev–Trinajstić information content (AvgIpc) is 3.00. The van der Waals surface area contributed by atoms with Crippen molar-refractivity contribution < 1.29 is 34.4 Å². The molecule has 1 saturated carbocycles. The fourth-order valence-corrected chi connectivity index (χ4v) is 5.76. The number of hydrogen-bond acceptors (Lipinski definition) is 9. The minimum Gasteiger partial charge on any atom is -0.507 e. The summed E-state index contributed by atoms with van der Waals surface area (Å²) in [5.41, 5.74) is -4.35. The van der Waals surface area contributed by atoms with Gasteiger partial charge in [0, 0.05) is 28.8 Å². The normalized spacial score (nSPS) is 34.3. The first-order chi connectivity index (χ1) is 14.9. The number of phenolic OH excluding ortho intramolecular Hbond substituents is 1. The van der Waals surface area contributed by atoms with Crippen LogP contribution in [0.3, 0.4) is 0 Å². The minimum atomic E-state index is -2.42. The molecule has 32 heavy (non-hydrogen) atoms. The number of ketones is 2. The van der Waals surface area contributed by atoms with Gasteiger partial charge in [0.25, 0.3) is 0 Å². The van der Waals surface area contributed by atoms with Crippen LogP contribution in [0.1, 0.15) is 35.7 Å². The molecule has 0 spiro atoms. The molecule has 0 aromatic heterocycles. The molecule has 0 unspecified atom stereocenters. The van der Waals surface area contributed by atoms with Crippen LogP contribution >= 0.6 is 11.6 Å². The molecule has 1 aliphatic heterocycles. The van der Waals surface area contributed by atoms with Crippen LogP contribution in [0, 0.1) is 23.2 Å². The van der Waals surface area contributed by atoms with Gasteiger partial charge in [-0.05, 0) is 39.6 Å². The molecule has 3 N–H and O–H groups in total. The van der Waals surface area contributed by atoms with Gasteiger partial charge in [0.15, 0.2) is 22.9 Å². The Balaban J connectivity index is 1.86. The van der Waals surface area contributed by atoms with Crippen molar-refractivity contribution in [3.05, 3.63) is 39.6 Å². The van der Waals surface area contributed by atoms with Crippen molar-refractivity contribution in [1.29, 1.82) is 5.26 Å². The minimum absolute atomic E-state index is 0.00516. The van der Waals surface area contributed by atoms with Gasteiger partial charge in [0.1, 0.15) is 28.6 Å². The number of rotatable bonds is 2. The van der Waals surface area contributed by atoms with Gasteiger partial charge >= 0.3 is 5.97 Å². The van der Waals surface area contributed by atoms with Gasteiger partial charge in [-0.1, -0.05) is 11.6 Å². The molecule has 1 fully saturated rings. The lowest BCUT2D eigenvalue weighted by Crippen LogP contribution is -2.65. The van der Waals surface area contributed by atoms with E-state index >= 15 is 0 Å². The number of carbonyl (C=O) groups is 3. The molecule has 5 atom stereocenters. The second kappa shape index (κ2) is 7.04. The zero-order valence-corrected chi connectivity index (χ0v) is 18.3. The fraction of sp³-hybridized carbons (Fsp3) is 0.455. The summed E-state index contributed by atoms with van der Waals surface area (Å²) in [5.74, 6) is -5.39. The van der Waals surface area contributed by atoms with Gasteiger partial charge in [-0.2, -0.15) is 5.26 Å². The molecule has 2 aliphatic carbocycles. The summed E-state index contributed by atoms with van der Waals surface area (Å²) < 4.78 is 5.63. The lowest BCUT2D eigenvalue weighted by Gasteiger charge is -2.50. The number of phenols is 1. The summed E-state index contributed by atoms with van der Waals surface area (Å²) >= 11 is 6.35. The van der Waals surface area contributed by atoms with Gasteiger partial charge in [0.2, 0.25) is 0 Å². The van der Waals surface area contributed by atoms with Gasteiger partial charge in [0.05, 0.1) is 6.04 Å². The zero-order chi connectivity index (χ0) is 23.7. The van der Waals surface area contributed by atoms with E-state index in [4.69, 9.17) is 16.3 Å². The molecule has 10 heteroatoms. The van der Waals surface area contributed by atoms with Crippen molar-refractivity contribution in [2.45, 2.75) is 37.0 Å². The summed E-state index contributed by atoms with van der Waals surface area (Å²) in [6, 6.07) is 3.21. The molecule has 4 rings (SSSR count). The van der Waals surface area contributed by atoms with Gasteiger partial charge in [-0.3, -0.25) is 14.5 Å². The Morgan fingerprint density at radius 2 is 1.91 bits per heavy atom. The highest BCUT2D eigenvalue weighted by Crippen LogP contribution is 2.55. The second-order valence-electron chi connectivity index (χ2n) is 8.85. The molecule has 1 heterocycles. The number of Topliss-reactive ketones (excluding diaryl/α,β-unsaturated/α-hetero) is 2. The first-order valence-corrected chi connectivity index (χ1v) is 10.3.